The summed E-state index contributed by atoms with van der Waals surface area (Å²) in [6.07, 6.45) is -15.4. The highest BCUT2D eigenvalue weighted by Crippen LogP contribution is 2.62. The second-order valence-corrected chi connectivity index (χ2v) is 39.3. The quantitative estimate of drug-likeness (QED) is 0.00974. The molecule has 6 aliphatic heterocycles. The Balaban J connectivity index is 0.000000243. The second-order valence-electron chi connectivity index (χ2n) is 33.4. The summed E-state index contributed by atoms with van der Waals surface area (Å²) in [5.74, 6) is -8.40. The number of aliphatic hydroxyl groups excluding tert-OH is 4. The number of esters is 10. The Morgan fingerprint density at radius 3 is 1.23 bits per heavy atom. The van der Waals surface area contributed by atoms with Crippen LogP contribution in [-0.4, -0.2) is 385 Å². The molecule has 14 N–H and O–H groups in total. The summed E-state index contributed by atoms with van der Waals surface area (Å²) in [5, 5.41) is 45.7. The molecule has 4 aromatic rings. The maximum Gasteiger partial charge on any atom is 0.483 e. The number of fused-ring (bicyclic) bond motifs is 2. The molecule has 4 aromatic heterocycles. The molecule has 0 amide bonds. The van der Waals surface area contributed by atoms with Crippen molar-refractivity contribution < 1.29 is 209 Å². The SMILES string of the molecule is C1CCC(N=C(NC2CCCCC2)N2CCOCC2)CC1.CC(=O)OC[C@H](OC(C)=O)C1O[C@@H](OP(=O)(O)O)C(OC(C)=O)[C@@H](OC(C)=O)[C@@H]1OC(C)=O.CC(=O)OC[C@H](OC(C)=O)C1O[C@@H](OP(=O)(O)OP(=O)(O)OC[C@H]2O[C@@H](n3cnc4c(N)ncnc43)[C@@H](O)C2O)C(OC(C)=O)[C@@H](OC(C)=O)[C@@H]1OC(C)=O.CCN(CC)CC.Nc1ncnc2c1ncn2[C@@H]1O[C@H](COP(=O)(O)N2CCOCC2)C(O)[C@@H]1O. The molecule has 2 saturated carbocycles. The summed E-state index contributed by atoms with van der Waals surface area (Å²) in [6.45, 7) is 21.6. The Morgan fingerprint density at radius 2 is 0.847 bits per heavy atom. The number of ether oxygens (including phenoxy) is 16. The van der Waals surface area contributed by atoms with E-state index < -0.39 is 233 Å². The van der Waals surface area contributed by atoms with Crippen LogP contribution in [0.15, 0.2) is 30.3 Å². The van der Waals surface area contributed by atoms with Gasteiger partial charge in [0.05, 0.1) is 58.3 Å². The molecule has 8 fully saturated rings. The molecule has 0 radical (unpaired) electrons. The number of hydrogen-bond donors (Lipinski definition) is 12. The summed E-state index contributed by atoms with van der Waals surface area (Å²) in [6, 6.07) is 1.19. The van der Waals surface area contributed by atoms with Crippen LogP contribution in [0.5, 0.6) is 0 Å². The molecule has 812 valence electrons. The third-order valence-corrected chi connectivity index (χ3v) is 27.1. The number of phosphoric acid groups is 3. The Kier molecular flexibility index (Phi) is 46.8. The van der Waals surface area contributed by atoms with Crippen molar-refractivity contribution in [1.82, 2.24) is 58.8 Å². The van der Waals surface area contributed by atoms with Crippen molar-refractivity contribution in [3.8, 4) is 0 Å². The Morgan fingerprint density at radius 1 is 0.465 bits per heavy atom. The monoisotopic (exact) mass is 2140 g/mol. The summed E-state index contributed by atoms with van der Waals surface area (Å²) in [5.41, 5.74) is 12.4. The number of phosphoric ester groups is 3. The third-order valence-electron chi connectivity index (χ3n) is 22.4. The van der Waals surface area contributed by atoms with E-state index in [-0.39, 0.29) is 42.5 Å². The lowest BCUT2D eigenvalue weighted by Gasteiger charge is -2.45. The fourth-order valence-electron chi connectivity index (χ4n) is 16.0. The van der Waals surface area contributed by atoms with Crippen LogP contribution in [0.4, 0.5) is 11.6 Å². The highest BCUT2D eigenvalue weighted by Gasteiger charge is 2.60. The van der Waals surface area contributed by atoms with Gasteiger partial charge in [-0.25, -0.2) is 57.8 Å². The number of aliphatic imine (C=N–C) groups is 1. The van der Waals surface area contributed by atoms with Crippen LogP contribution in [0.2, 0.25) is 0 Å². The van der Waals surface area contributed by atoms with Crippen LogP contribution < -0.4 is 16.8 Å². The van der Waals surface area contributed by atoms with E-state index in [1.807, 2.05) is 0 Å². The fraction of sp³-hybridized carbons (Fsp3) is 0.741. The van der Waals surface area contributed by atoms with E-state index in [1.165, 1.54) is 123 Å². The molecule has 0 aromatic carbocycles. The van der Waals surface area contributed by atoms with Crippen molar-refractivity contribution in [2.24, 2.45) is 4.99 Å². The fourth-order valence-corrected chi connectivity index (χ4v) is 19.8. The van der Waals surface area contributed by atoms with Crippen molar-refractivity contribution in [2.75, 3.05) is 110 Å². The predicted molar refractivity (Wildman–Crippen MR) is 486 cm³/mol. The molecule has 6 saturated heterocycles. The maximum atomic E-state index is 13.2. The zero-order valence-electron chi connectivity index (χ0n) is 81.3. The smallest absolute Gasteiger partial charge is 0.462 e. The minimum absolute atomic E-state index is 0.00339. The minimum Gasteiger partial charge on any atom is -0.462 e. The molecule has 63 heteroatoms. The number of hydrogen-bond acceptors (Lipinski definition) is 49. The zero-order valence-corrected chi connectivity index (χ0v) is 84.9. The first kappa shape index (κ1) is 120. The van der Waals surface area contributed by atoms with E-state index in [1.54, 1.807) is 0 Å². The van der Waals surface area contributed by atoms with E-state index in [2.05, 4.69) is 74.6 Å². The van der Waals surface area contributed by atoms with Gasteiger partial charge in [-0.2, -0.15) is 4.31 Å². The van der Waals surface area contributed by atoms with Gasteiger partial charge in [0.25, 0.3) is 0 Å². The van der Waals surface area contributed by atoms with Gasteiger partial charge < -0.3 is 147 Å². The van der Waals surface area contributed by atoms with Crippen molar-refractivity contribution in [1.29, 1.82) is 0 Å². The molecule has 10 heterocycles. The van der Waals surface area contributed by atoms with Crippen LogP contribution in [0.25, 0.3) is 22.3 Å². The summed E-state index contributed by atoms with van der Waals surface area (Å²) >= 11 is 0. The Bertz CT molecular complexity index is 5130. The molecule has 144 heavy (non-hydrogen) atoms. The van der Waals surface area contributed by atoms with Gasteiger partial charge in [-0.1, -0.05) is 59.3 Å². The Hall–Kier alpha value is -9.29. The number of guanidine groups is 1. The highest BCUT2D eigenvalue weighted by molar-refractivity contribution is 7.61. The van der Waals surface area contributed by atoms with Gasteiger partial charge in [-0.05, 0) is 45.3 Å². The van der Waals surface area contributed by atoms with E-state index in [0.717, 1.165) is 102 Å². The number of nitrogen functional groups attached to an aromatic ring is 2. The number of nitrogens with two attached hydrogens (primary N) is 2. The Labute approximate surface area is 825 Å². The van der Waals surface area contributed by atoms with Crippen molar-refractivity contribution in [3.05, 3.63) is 25.3 Å². The average Bonchev–Trinajstić information content (AvgIpc) is 1.77. The number of morpholine rings is 2. The average molecular weight is 2140 g/mol. The van der Waals surface area contributed by atoms with Gasteiger partial charge >= 0.3 is 90.9 Å². The lowest BCUT2D eigenvalue weighted by molar-refractivity contribution is -0.302. The van der Waals surface area contributed by atoms with Gasteiger partial charge in [-0.3, -0.25) is 75.2 Å². The molecule has 8 aliphatic rings. The first-order valence-electron chi connectivity index (χ1n) is 45.8. The standard InChI is InChI=1S/C27H37N5O21P2.C17H31N3O.C17H25O15P.C14H21N6O7P.C6H15N/c1-10(33)44-6-16(46-11(2)34)20-21(47-12(3)35)22(48-13(4)36)23(49-14(5)37)27(51-20)52-55(42,43)53-54(40,41)45-7-15-18(38)19(39)26(50-15)32-9-31-17-24(28)29-8-30-25(17)32;1-3-7-15(8-4-1)18-17(20-11-13-21-14-12-20)19-16-9-5-2-6-10-16;1-7(18)26-6-12(27-8(2)19)13-14(28-9(3)20)15(29-10(4)21)16(30-11(5)22)17(31-13)32-33(23,24)25;15-12-9-13(17-6-16-12)20(7-18-9)14-11(22)10(21)8(27-14)5-26-28(23,24)19-1-3-25-4-2-19;1-4-7(5-2)6-3/h8-9,15-16,18-23,26-27,38-39H,6-7H2,1-5H3,(H,40,41)(H,42,43)(H2,28,29,30);15-16H,1-14H2,(H,18,19);12-17H,6H2,1-5H3,(H2,23,24,25);6-8,10-11,14,21-22H,1-5H2,(H,23,24)(H2,15,16,17);4-6H2,1-3H3/t15-,16+,18?,19+,20?,21-,22+,23?,26-,27+;;12-,13?,14+,15-,16?,17-;8-,10?,11+,14-;/m1.01./s1. The molecule has 23 atom stereocenters. The highest BCUT2D eigenvalue weighted by atomic mass is 31.3. The number of imidazole rings is 2. The molecule has 0 spiro atoms. The van der Waals surface area contributed by atoms with Crippen molar-refractivity contribution >= 4 is 131 Å². The third kappa shape index (κ3) is 36.6. The number of aromatic nitrogens is 8. The predicted octanol–water partition coefficient (Wildman–Crippen LogP) is 0.158. The largest absolute Gasteiger partial charge is 0.483 e. The number of nitrogens with zero attached hydrogens (tertiary/aromatic N) is 12. The van der Waals surface area contributed by atoms with Crippen LogP contribution >= 0.6 is 31.2 Å². The molecular formula is C81H129N15O44P4. The van der Waals surface area contributed by atoms with Crippen molar-refractivity contribution in [3.63, 3.8) is 0 Å². The normalized spacial score (nSPS) is 27.6. The molecule has 2 aliphatic carbocycles. The van der Waals surface area contributed by atoms with Crippen LogP contribution in [0, 0.1) is 0 Å². The molecule has 59 nitrogen and oxygen atoms in total. The first-order chi connectivity index (χ1) is 67.8. The number of rotatable bonds is 34. The van der Waals surface area contributed by atoms with Gasteiger partial charge in [0.2, 0.25) is 12.6 Å². The van der Waals surface area contributed by atoms with Gasteiger partial charge in [0.15, 0.2) is 90.2 Å². The van der Waals surface area contributed by atoms with Gasteiger partial charge in [0, 0.05) is 101 Å². The van der Waals surface area contributed by atoms with Gasteiger partial charge in [-0.15, -0.1) is 0 Å². The lowest BCUT2D eigenvalue weighted by atomic mass is 9.94. The number of aliphatic hydroxyl groups is 4. The van der Waals surface area contributed by atoms with E-state index in [0.29, 0.717) is 36.5 Å². The summed E-state index contributed by atoms with van der Waals surface area (Å²) in [7, 11) is -21.0. The van der Waals surface area contributed by atoms with Crippen LogP contribution in [0.3, 0.4) is 0 Å². The maximum absolute atomic E-state index is 13.2. The number of carbonyl (C=O) groups is 10. The summed E-state index contributed by atoms with van der Waals surface area (Å²) < 4.78 is 162. The van der Waals surface area contributed by atoms with E-state index in [4.69, 9.17) is 106 Å². The summed E-state index contributed by atoms with van der Waals surface area (Å²) in [4.78, 5) is 202. The van der Waals surface area contributed by atoms with E-state index in [9.17, 15) is 111 Å². The van der Waals surface area contributed by atoms with Crippen LogP contribution in [-0.2, 0) is 164 Å². The molecule has 12 rings (SSSR count). The minimum atomic E-state index is -5.95. The number of carbonyl (C=O) groups excluding carboxylic acids is 10. The number of anilines is 2. The second kappa shape index (κ2) is 56.2. The topological polar surface area (TPSA) is 788 Å². The van der Waals surface area contributed by atoms with Gasteiger partial charge in [0.1, 0.15) is 85.7 Å². The van der Waals surface area contributed by atoms with Crippen LogP contribution in [0.1, 0.15) is 167 Å². The lowest BCUT2D eigenvalue weighted by Crippen LogP contribution is -2.65. The first-order valence-corrected chi connectivity index (χ1v) is 51.9. The molecule has 0 bridgehead atoms. The molecular weight excluding hydrogens is 2010 g/mol. The number of nitrogens with one attached hydrogen (secondary N) is 1. The zero-order chi connectivity index (χ0) is 106. The van der Waals surface area contributed by atoms with E-state index >= 15 is 0 Å². The molecule has 9 unspecified atom stereocenters. The van der Waals surface area contributed by atoms with Crippen molar-refractivity contribution in [2.45, 2.75) is 289 Å².